The Morgan fingerprint density at radius 1 is 1.00 bits per heavy atom. The Bertz CT molecular complexity index is 1020. The summed E-state index contributed by atoms with van der Waals surface area (Å²) in [6.45, 7) is 1.65. The second-order valence-electron chi connectivity index (χ2n) is 7.33. The summed E-state index contributed by atoms with van der Waals surface area (Å²) < 4.78 is 39.7. The quantitative estimate of drug-likeness (QED) is 0.700. The number of hydrogen-bond donors (Lipinski definition) is 1. The maximum Gasteiger partial charge on any atom is 0.243 e. The average Bonchev–Trinajstić information content (AvgIpc) is 3.00. The number of carbonyl (C=O) groups is 1. The Labute approximate surface area is 184 Å². The number of halogens is 1. The van der Waals surface area contributed by atoms with E-state index in [2.05, 4.69) is 21.2 Å². The minimum atomic E-state index is -3.66. The van der Waals surface area contributed by atoms with E-state index in [0.29, 0.717) is 50.6 Å². The molecule has 2 aromatic carbocycles. The second kappa shape index (κ2) is 8.95. The van der Waals surface area contributed by atoms with Gasteiger partial charge in [0.05, 0.1) is 18.1 Å². The zero-order valence-electron chi connectivity index (χ0n) is 16.3. The Hall–Kier alpha value is -2.10. The molecule has 1 N–H and O–H groups in total. The van der Waals surface area contributed by atoms with Crippen LogP contribution in [0.4, 0.5) is 5.69 Å². The van der Waals surface area contributed by atoms with E-state index in [4.69, 9.17) is 9.47 Å². The Morgan fingerprint density at radius 3 is 2.37 bits per heavy atom. The summed E-state index contributed by atoms with van der Waals surface area (Å²) in [7, 11) is -3.66. The highest BCUT2D eigenvalue weighted by molar-refractivity contribution is 9.10. The minimum Gasteiger partial charge on any atom is -0.490 e. The molecule has 0 atom stereocenters. The summed E-state index contributed by atoms with van der Waals surface area (Å²) in [6.07, 6.45) is 1.71. The lowest BCUT2D eigenvalue weighted by molar-refractivity contribution is -0.120. The fraction of sp³-hybridized carbons (Fsp3) is 0.381. The van der Waals surface area contributed by atoms with E-state index in [1.807, 2.05) is 24.3 Å². The number of sulfonamides is 1. The number of benzene rings is 2. The molecule has 0 bridgehead atoms. The van der Waals surface area contributed by atoms with Crippen molar-refractivity contribution in [3.05, 3.63) is 46.9 Å². The van der Waals surface area contributed by atoms with Crippen LogP contribution in [0.3, 0.4) is 0 Å². The Balaban J connectivity index is 1.40. The minimum absolute atomic E-state index is 0.0788. The van der Waals surface area contributed by atoms with Gasteiger partial charge in [0.15, 0.2) is 11.5 Å². The van der Waals surface area contributed by atoms with Gasteiger partial charge in [0.25, 0.3) is 0 Å². The first-order chi connectivity index (χ1) is 14.4. The number of nitrogens with zero attached hydrogens (tertiary/aromatic N) is 1. The van der Waals surface area contributed by atoms with Crippen molar-refractivity contribution in [3.8, 4) is 11.5 Å². The van der Waals surface area contributed by atoms with E-state index in [-0.39, 0.29) is 16.7 Å². The van der Waals surface area contributed by atoms with Gasteiger partial charge in [-0.3, -0.25) is 4.79 Å². The van der Waals surface area contributed by atoms with Gasteiger partial charge in [-0.05, 0) is 49.2 Å². The molecule has 2 aliphatic heterocycles. The van der Waals surface area contributed by atoms with Crippen LogP contribution in [-0.2, 0) is 14.8 Å². The molecule has 2 aromatic rings. The monoisotopic (exact) mass is 494 g/mol. The van der Waals surface area contributed by atoms with Crippen molar-refractivity contribution in [3.63, 3.8) is 0 Å². The highest BCUT2D eigenvalue weighted by atomic mass is 79.9. The molecule has 0 aliphatic carbocycles. The number of anilines is 1. The molecule has 0 radical (unpaired) electrons. The molecule has 7 nitrogen and oxygen atoms in total. The van der Waals surface area contributed by atoms with Crippen molar-refractivity contribution < 1.29 is 22.7 Å². The van der Waals surface area contributed by atoms with Crippen molar-refractivity contribution in [2.24, 2.45) is 5.92 Å². The normalized spacial score (nSPS) is 17.9. The lowest BCUT2D eigenvalue weighted by atomic mass is 9.97. The highest BCUT2D eigenvalue weighted by Gasteiger charge is 2.32. The van der Waals surface area contributed by atoms with Crippen LogP contribution in [-0.4, -0.2) is 44.9 Å². The topological polar surface area (TPSA) is 84.9 Å². The molecule has 160 valence electrons. The van der Waals surface area contributed by atoms with Crippen molar-refractivity contribution in [2.75, 3.05) is 31.6 Å². The first kappa shape index (κ1) is 21.1. The van der Waals surface area contributed by atoms with E-state index in [1.54, 1.807) is 12.1 Å². The van der Waals surface area contributed by atoms with Crippen molar-refractivity contribution in [2.45, 2.75) is 24.2 Å². The Morgan fingerprint density at radius 2 is 1.67 bits per heavy atom. The third-order valence-corrected chi connectivity index (χ3v) is 7.72. The molecule has 0 spiro atoms. The summed E-state index contributed by atoms with van der Waals surface area (Å²) in [6, 6.07) is 12.1. The van der Waals surface area contributed by atoms with Crippen molar-refractivity contribution in [1.29, 1.82) is 0 Å². The summed E-state index contributed by atoms with van der Waals surface area (Å²) in [5, 5.41) is 2.91. The van der Waals surface area contributed by atoms with Gasteiger partial charge in [0.1, 0.15) is 0 Å². The van der Waals surface area contributed by atoms with E-state index >= 15 is 0 Å². The molecule has 0 saturated carbocycles. The van der Waals surface area contributed by atoms with Gasteiger partial charge in [-0.2, -0.15) is 4.31 Å². The third kappa shape index (κ3) is 4.63. The largest absolute Gasteiger partial charge is 0.490 e. The van der Waals surface area contributed by atoms with E-state index in [0.717, 1.165) is 16.6 Å². The van der Waals surface area contributed by atoms with Crippen molar-refractivity contribution >= 4 is 37.5 Å². The van der Waals surface area contributed by atoms with Crippen LogP contribution in [0.2, 0.25) is 0 Å². The molecule has 9 heteroatoms. The Kier molecular flexibility index (Phi) is 6.31. The maximum atomic E-state index is 13.1. The van der Waals surface area contributed by atoms with E-state index in [9.17, 15) is 13.2 Å². The van der Waals surface area contributed by atoms with Crippen LogP contribution < -0.4 is 14.8 Å². The van der Waals surface area contributed by atoms with Gasteiger partial charge >= 0.3 is 0 Å². The number of ether oxygens (including phenoxy) is 2. The molecule has 0 unspecified atom stereocenters. The summed E-state index contributed by atoms with van der Waals surface area (Å²) in [4.78, 5) is 12.7. The van der Waals surface area contributed by atoms with E-state index in [1.165, 1.54) is 10.4 Å². The molecule has 30 heavy (non-hydrogen) atoms. The number of piperidine rings is 1. The second-order valence-corrected chi connectivity index (χ2v) is 10.2. The predicted octanol–water partition coefficient (Wildman–Crippen LogP) is 3.65. The van der Waals surface area contributed by atoms with Crippen LogP contribution in [0.15, 0.2) is 51.8 Å². The fourth-order valence-corrected chi connectivity index (χ4v) is 5.34. The molecule has 1 amide bonds. The summed E-state index contributed by atoms with van der Waals surface area (Å²) >= 11 is 3.37. The van der Waals surface area contributed by atoms with Crippen molar-refractivity contribution in [1.82, 2.24) is 4.31 Å². The SMILES string of the molecule is O=C(Nc1ccc(Br)cc1)C1CCN(S(=O)(=O)c2ccc3c(c2)OCCCO3)CC1. The number of carbonyl (C=O) groups excluding carboxylic acids is 1. The average molecular weight is 495 g/mol. The van der Waals surface area contributed by atoms with Gasteiger partial charge in [-0.15, -0.1) is 0 Å². The molecule has 1 saturated heterocycles. The lowest BCUT2D eigenvalue weighted by Gasteiger charge is -2.30. The zero-order chi connectivity index (χ0) is 21.1. The number of fused-ring (bicyclic) bond motifs is 1. The van der Waals surface area contributed by atoms with Crippen LogP contribution in [0.1, 0.15) is 19.3 Å². The zero-order valence-corrected chi connectivity index (χ0v) is 18.7. The summed E-state index contributed by atoms with van der Waals surface area (Å²) in [5.41, 5.74) is 0.727. The molecular weight excluding hydrogens is 472 g/mol. The van der Waals surface area contributed by atoms with Gasteiger partial charge < -0.3 is 14.8 Å². The molecule has 0 aromatic heterocycles. The molecule has 4 rings (SSSR count). The first-order valence-corrected chi connectivity index (χ1v) is 12.1. The number of amides is 1. The lowest BCUT2D eigenvalue weighted by Crippen LogP contribution is -2.41. The van der Waals surface area contributed by atoms with Crippen LogP contribution >= 0.6 is 15.9 Å². The van der Waals surface area contributed by atoms with E-state index < -0.39 is 10.0 Å². The van der Waals surface area contributed by atoms with Crippen LogP contribution in [0, 0.1) is 5.92 Å². The molecular formula is C21H23BrN2O5S. The standard InChI is InChI=1S/C21H23BrN2O5S/c22-16-2-4-17(5-3-16)23-21(25)15-8-10-24(11-9-15)30(26,27)18-6-7-19-20(14-18)29-13-1-12-28-19/h2-7,14-15H,1,8-13H2,(H,23,25). The van der Waals surface area contributed by atoms with Crippen LogP contribution in [0.25, 0.3) is 0 Å². The molecule has 2 heterocycles. The fourth-order valence-electron chi connectivity index (χ4n) is 3.59. The predicted molar refractivity (Wildman–Crippen MR) is 116 cm³/mol. The summed E-state index contributed by atoms with van der Waals surface area (Å²) in [5.74, 6) is 0.723. The number of hydrogen-bond acceptors (Lipinski definition) is 5. The van der Waals surface area contributed by atoms with Gasteiger partial charge in [-0.1, -0.05) is 15.9 Å². The molecule has 2 aliphatic rings. The van der Waals surface area contributed by atoms with Crippen LogP contribution in [0.5, 0.6) is 11.5 Å². The first-order valence-electron chi connectivity index (χ1n) is 9.90. The van der Waals surface area contributed by atoms with Gasteiger partial charge in [0, 0.05) is 41.7 Å². The number of rotatable bonds is 4. The third-order valence-electron chi connectivity index (χ3n) is 5.29. The highest BCUT2D eigenvalue weighted by Crippen LogP contribution is 2.34. The van der Waals surface area contributed by atoms with Gasteiger partial charge in [-0.25, -0.2) is 8.42 Å². The number of nitrogens with one attached hydrogen (secondary N) is 1. The van der Waals surface area contributed by atoms with Gasteiger partial charge in [0.2, 0.25) is 15.9 Å². The molecule has 1 fully saturated rings. The smallest absolute Gasteiger partial charge is 0.243 e. The maximum absolute atomic E-state index is 13.1.